The molecule has 0 saturated heterocycles. The van der Waals surface area contributed by atoms with Gasteiger partial charge in [0.15, 0.2) is 5.78 Å². The van der Waals surface area contributed by atoms with Crippen LogP contribution in [-0.2, 0) is 72.9 Å². The van der Waals surface area contributed by atoms with Crippen molar-refractivity contribution in [3.8, 4) is 18.2 Å². The maximum absolute atomic E-state index is 10.2. The van der Waals surface area contributed by atoms with Crippen molar-refractivity contribution < 1.29 is 161 Å². The number of aliphatic hydroxyl groups excluding tert-OH is 1. The van der Waals surface area contributed by atoms with Gasteiger partial charge in [-0.05, 0) is 69.8 Å². The number of ketones is 1. The molecular formula is C52H106BF4N3Na2O5Ru3-. The van der Waals surface area contributed by atoms with Crippen molar-refractivity contribution in [2.24, 2.45) is 29.6 Å². The number of allylic oxidation sites excluding steroid dienone is 2. The van der Waals surface area contributed by atoms with E-state index in [0.717, 1.165) is 35.7 Å². The Balaban J connectivity index is -0.0000000246. The van der Waals surface area contributed by atoms with Gasteiger partial charge in [-0.15, -0.1) is 0 Å². The molecule has 0 amide bonds. The van der Waals surface area contributed by atoms with E-state index in [-0.39, 0.29) is 179 Å². The molecule has 0 aromatic carbocycles. The second kappa shape index (κ2) is 110. The minimum Gasteiger partial charge on any atom is -1.00 e. The summed E-state index contributed by atoms with van der Waals surface area (Å²) in [4.78, 5) is 21.4. The van der Waals surface area contributed by atoms with Crippen LogP contribution in [0.5, 0.6) is 0 Å². The Hall–Kier alpha value is 0.925. The van der Waals surface area contributed by atoms with E-state index in [1.807, 2.05) is 20.8 Å². The maximum atomic E-state index is 10.2. The van der Waals surface area contributed by atoms with E-state index in [1.54, 1.807) is 31.2 Å². The second-order valence-electron chi connectivity index (χ2n) is 15.7. The number of aliphatic hydroxyl groups is 1. The van der Waals surface area contributed by atoms with Crippen LogP contribution in [0, 0.1) is 101 Å². The molecule has 0 bridgehead atoms. The summed E-state index contributed by atoms with van der Waals surface area (Å²) < 4.78 is 29.0. The largest absolute Gasteiger partial charge is 2.00 e. The fourth-order valence-electron chi connectivity index (χ4n) is 6.76. The van der Waals surface area contributed by atoms with Gasteiger partial charge in [0.25, 0.3) is 6.47 Å². The molecule has 1 N–H and O–H groups in total. The first-order valence-electron chi connectivity index (χ1n) is 22.3. The van der Waals surface area contributed by atoms with Crippen molar-refractivity contribution in [3.63, 3.8) is 0 Å². The summed E-state index contributed by atoms with van der Waals surface area (Å²) >= 11 is 0. The molecule has 0 aromatic rings. The zero-order valence-corrected chi connectivity index (χ0v) is 57.8. The summed E-state index contributed by atoms with van der Waals surface area (Å²) in [7, 11) is -3.67. The zero-order chi connectivity index (χ0) is 47.3. The smallest absolute Gasteiger partial charge is 1.00 e. The van der Waals surface area contributed by atoms with Crippen molar-refractivity contribution in [1.29, 1.82) is 15.8 Å². The molecule has 70 heavy (non-hydrogen) atoms. The molecule has 4 rings (SSSR count). The molecule has 4 aliphatic rings. The van der Waals surface area contributed by atoms with Crippen LogP contribution in [-0.4, -0.2) is 31.0 Å². The molecule has 1 atom stereocenters. The molecule has 8 nitrogen and oxygen atoms in total. The van der Waals surface area contributed by atoms with E-state index >= 15 is 0 Å². The summed E-state index contributed by atoms with van der Waals surface area (Å²) in [5.41, 5.74) is 1.06. The predicted molar refractivity (Wildman–Crippen MR) is 274 cm³/mol. The predicted octanol–water partition coefficient (Wildman–Crippen LogP) is 7.57. The number of nitriles is 3. The number of nitrogens with zero attached hydrogens (tertiary/aromatic N) is 3. The van der Waals surface area contributed by atoms with Gasteiger partial charge in [-0.1, -0.05) is 176 Å². The molecule has 4 saturated carbocycles. The van der Waals surface area contributed by atoms with Crippen LogP contribution in [0.1, 0.15) is 226 Å². The van der Waals surface area contributed by atoms with Gasteiger partial charge in [-0.25, -0.2) is 0 Å². The van der Waals surface area contributed by atoms with E-state index in [1.165, 1.54) is 149 Å². The third-order valence-electron chi connectivity index (χ3n) is 9.55. The topological polar surface area (TPSA) is 158 Å². The molecule has 0 heterocycles. The average molecular weight is 1290 g/mol. The van der Waals surface area contributed by atoms with Crippen molar-refractivity contribution in [2.75, 3.05) is 0 Å². The Morgan fingerprint density at radius 3 is 0.829 bits per heavy atom. The number of halogens is 4. The summed E-state index contributed by atoms with van der Waals surface area (Å²) in [5.74, 6) is 5.14. The minimum absolute atomic E-state index is 0. The van der Waals surface area contributed by atoms with Gasteiger partial charge in [-0.3, -0.25) is 22.5 Å². The average Bonchev–Trinajstić information content (AvgIpc) is 4.01. The number of hydrogen-bond donors (Lipinski definition) is 1. The molecule has 4 aliphatic carbocycles. The van der Waals surface area contributed by atoms with Gasteiger partial charge in [0.2, 0.25) is 0 Å². The summed E-state index contributed by atoms with van der Waals surface area (Å²) in [5, 5.41) is 39.1. The van der Waals surface area contributed by atoms with Gasteiger partial charge in [0.05, 0.1) is 24.3 Å². The molecular weight excluding hydrogens is 1180 g/mol. The molecule has 4 fully saturated rings. The summed E-state index contributed by atoms with van der Waals surface area (Å²) in [6.07, 6.45) is 32.1. The summed E-state index contributed by atoms with van der Waals surface area (Å²) in [6, 6.07) is 5.25. The number of carbonyl (C=O) groups excluding carboxylic acids is 2. The third kappa shape index (κ3) is 151. The number of carbonyl (C=O) groups is 2. The van der Waals surface area contributed by atoms with Gasteiger partial charge in [-0.2, -0.15) is 15.8 Å². The van der Waals surface area contributed by atoms with E-state index < -0.39 is 7.54 Å². The normalized spacial score (nSPS) is 12.7. The van der Waals surface area contributed by atoms with Gasteiger partial charge >= 0.3 is 125 Å². The van der Waals surface area contributed by atoms with Crippen LogP contribution in [0.25, 0.3) is 0 Å². The van der Waals surface area contributed by atoms with Crippen LogP contribution >= 0.6 is 0 Å². The fourth-order valence-corrected chi connectivity index (χ4v) is 6.76. The molecule has 18 heteroatoms. The van der Waals surface area contributed by atoms with Crippen LogP contribution in [0.2, 0.25) is 0 Å². The number of rotatable bonds is 8. The minimum atomic E-state index is -3.67. The first-order valence-corrected chi connectivity index (χ1v) is 22.3. The maximum Gasteiger partial charge on any atom is 2.00 e. The van der Waals surface area contributed by atoms with Crippen LogP contribution in [0.4, 0.5) is 12.9 Å². The van der Waals surface area contributed by atoms with Gasteiger partial charge in [0, 0.05) is 20.8 Å². The molecule has 1 radical (unpaired) electrons. The summed E-state index contributed by atoms with van der Waals surface area (Å²) in [6.45, 7) is 24.7. The first-order chi connectivity index (χ1) is 27.9. The Labute approximate surface area is 519 Å². The first kappa shape index (κ1) is 124. The van der Waals surface area contributed by atoms with E-state index in [0.29, 0.717) is 5.92 Å². The van der Waals surface area contributed by atoms with Crippen molar-refractivity contribution in [3.05, 3.63) is 48.8 Å². The van der Waals surface area contributed by atoms with Crippen molar-refractivity contribution in [1.82, 2.24) is 0 Å². The van der Waals surface area contributed by atoms with Gasteiger partial charge < -0.3 is 58.5 Å². The quantitative estimate of drug-likeness (QED) is 0.0496. The Morgan fingerprint density at radius 1 is 0.643 bits per heavy atom. The van der Waals surface area contributed by atoms with Crippen molar-refractivity contribution in [2.45, 2.75) is 231 Å². The zero-order valence-electron chi connectivity index (χ0n) is 49.5. The van der Waals surface area contributed by atoms with Crippen LogP contribution < -0.4 is 69.1 Å². The Bertz CT molecular complexity index is 914. The monoisotopic (exact) mass is 1290 g/mol. The third-order valence-corrected chi connectivity index (χ3v) is 9.55. The van der Waals surface area contributed by atoms with Crippen LogP contribution in [0.15, 0.2) is 11.6 Å². The molecule has 0 aliphatic heterocycles. The SMILES string of the molecule is CC#N.CC#N.CC#N.CC(=O)C=C(C)C.CC(C)CC(C)O.CCC1CCCC1.CCC1CCCC1.CCC1CCCC1.CCC1CCCC1.FB(F)F.O=CO[O-].[CH3-].[CH3-].[CH3-].[CH3-].[CH3-].[F-].[H-].[Na+].[Na+].[Ru+2].[Ru+2].[Ru+]. The van der Waals surface area contributed by atoms with E-state index in [2.05, 4.69) is 46.4 Å². The molecule has 1 unspecified atom stereocenters. The number of hydrogen-bond acceptors (Lipinski definition) is 8. The Morgan fingerprint density at radius 2 is 0.800 bits per heavy atom. The van der Waals surface area contributed by atoms with Crippen LogP contribution in [0.3, 0.4) is 0 Å². The second-order valence-corrected chi connectivity index (χ2v) is 15.7. The molecule has 0 spiro atoms. The Kier molecular flexibility index (Phi) is 195. The van der Waals surface area contributed by atoms with E-state index in [4.69, 9.17) is 30.9 Å². The fraction of sp³-hybridized carbons (Fsp3) is 0.769. The van der Waals surface area contributed by atoms with Gasteiger partial charge in [0.1, 0.15) is 0 Å². The molecule has 0 aromatic heterocycles. The standard InChI is InChI=1S/4C7H14.C6H14O.C6H10O.3C2H3N.CH2O3.5CH3.BF3.FH.2Na.3Ru.H/c4*1-2-7-5-3-4-6-7;2*1-5(2)4-6(3)7;3*1-2-3;2-1-4-3;;;;;;2-1(3)4;;;;;;;/h4*7H,2-6H2,1H3;5-7H,4H2,1-3H3;4H,1-3H3;3*1H3;1,3H;5*1H3;;1H;;;;;;/q;;;;;;;;;;5*-1;;;3*+1;2*+2;-1/p-2. The molecule has 417 valence electrons. The van der Waals surface area contributed by atoms with Crippen molar-refractivity contribution >= 4 is 19.8 Å². The van der Waals surface area contributed by atoms with E-state index in [9.17, 15) is 17.7 Å².